The zero-order valence-electron chi connectivity index (χ0n) is 15.8. The number of pyridine rings is 2. The molecule has 3 aromatic rings. The number of carbonyl (C=O) groups excluding carboxylic acids is 1. The summed E-state index contributed by atoms with van der Waals surface area (Å²) in [7, 11) is 3.21. The van der Waals surface area contributed by atoms with E-state index in [1.807, 2.05) is 42.5 Å². The van der Waals surface area contributed by atoms with E-state index >= 15 is 0 Å². The van der Waals surface area contributed by atoms with Gasteiger partial charge in [0.1, 0.15) is 5.69 Å². The highest BCUT2D eigenvalue weighted by atomic mass is 16.5. The molecule has 0 aliphatic carbocycles. The number of hydrogen-bond acceptors (Lipinski definition) is 6. The Hall–Kier alpha value is -3.61. The highest BCUT2D eigenvalue weighted by Crippen LogP contribution is 2.27. The van der Waals surface area contributed by atoms with Crippen LogP contribution in [0.3, 0.4) is 0 Å². The van der Waals surface area contributed by atoms with Crippen LogP contribution in [-0.2, 0) is 13.1 Å². The quantitative estimate of drug-likeness (QED) is 0.627. The smallest absolute Gasteiger partial charge is 0.270 e. The molecule has 0 bridgehead atoms. The van der Waals surface area contributed by atoms with Gasteiger partial charge in [-0.1, -0.05) is 12.1 Å². The number of rotatable bonds is 8. The van der Waals surface area contributed by atoms with E-state index in [0.29, 0.717) is 30.3 Å². The Balaban J connectivity index is 1.61. The second-order valence-electron chi connectivity index (χ2n) is 5.98. The second kappa shape index (κ2) is 9.36. The molecular weight excluding hydrogens is 356 g/mol. The number of benzene rings is 1. The molecule has 0 radical (unpaired) electrons. The van der Waals surface area contributed by atoms with E-state index in [0.717, 1.165) is 16.9 Å². The topological polar surface area (TPSA) is 85.4 Å². The number of amides is 1. The van der Waals surface area contributed by atoms with Crippen molar-refractivity contribution in [2.75, 3.05) is 19.5 Å². The van der Waals surface area contributed by atoms with Gasteiger partial charge in [0.15, 0.2) is 11.5 Å². The first-order chi connectivity index (χ1) is 13.7. The summed E-state index contributed by atoms with van der Waals surface area (Å²) in [6.45, 7) is 0.921. The summed E-state index contributed by atoms with van der Waals surface area (Å²) in [6, 6.07) is 14.8. The number of carbonyl (C=O) groups is 1. The van der Waals surface area contributed by atoms with E-state index in [2.05, 4.69) is 20.6 Å². The summed E-state index contributed by atoms with van der Waals surface area (Å²) in [5, 5.41) is 6.11. The lowest BCUT2D eigenvalue weighted by molar-refractivity contribution is 0.0945. The molecule has 0 fully saturated rings. The zero-order valence-corrected chi connectivity index (χ0v) is 15.8. The van der Waals surface area contributed by atoms with Crippen molar-refractivity contribution in [3.05, 3.63) is 77.9 Å². The Bertz CT molecular complexity index is 932. The van der Waals surface area contributed by atoms with Crippen molar-refractivity contribution in [1.82, 2.24) is 15.3 Å². The lowest BCUT2D eigenvalue weighted by Gasteiger charge is -2.11. The molecule has 0 atom stereocenters. The van der Waals surface area contributed by atoms with E-state index < -0.39 is 0 Å². The van der Waals surface area contributed by atoms with Gasteiger partial charge in [-0.3, -0.25) is 14.8 Å². The van der Waals surface area contributed by atoms with Gasteiger partial charge < -0.3 is 20.1 Å². The SMILES string of the molecule is COc1ccc(CNc2ccnc(C(=O)NCc3ccccn3)c2)cc1OC. The van der Waals surface area contributed by atoms with Crippen LogP contribution in [0.25, 0.3) is 0 Å². The van der Waals surface area contributed by atoms with E-state index in [1.165, 1.54) is 0 Å². The van der Waals surface area contributed by atoms with Gasteiger partial charge in [-0.15, -0.1) is 0 Å². The average Bonchev–Trinajstić information content (AvgIpc) is 2.76. The van der Waals surface area contributed by atoms with Crippen LogP contribution in [-0.4, -0.2) is 30.1 Å². The highest BCUT2D eigenvalue weighted by molar-refractivity contribution is 5.93. The Morgan fingerprint density at radius 2 is 1.79 bits per heavy atom. The number of hydrogen-bond donors (Lipinski definition) is 2. The van der Waals surface area contributed by atoms with Gasteiger partial charge in [-0.2, -0.15) is 0 Å². The molecule has 144 valence electrons. The molecule has 1 aromatic carbocycles. The fourth-order valence-electron chi connectivity index (χ4n) is 2.62. The van der Waals surface area contributed by atoms with Crippen molar-refractivity contribution in [2.45, 2.75) is 13.1 Å². The van der Waals surface area contributed by atoms with E-state index in [1.54, 1.807) is 32.7 Å². The zero-order chi connectivity index (χ0) is 19.8. The minimum Gasteiger partial charge on any atom is -0.493 e. The van der Waals surface area contributed by atoms with Crippen LogP contribution in [0, 0.1) is 0 Å². The summed E-state index contributed by atoms with van der Waals surface area (Å²) in [6.07, 6.45) is 3.30. The normalized spacial score (nSPS) is 10.2. The molecule has 0 unspecified atom stereocenters. The molecule has 3 rings (SSSR count). The summed E-state index contributed by atoms with van der Waals surface area (Å²) >= 11 is 0. The van der Waals surface area contributed by atoms with Crippen molar-refractivity contribution in [2.24, 2.45) is 0 Å². The van der Waals surface area contributed by atoms with Crippen molar-refractivity contribution >= 4 is 11.6 Å². The van der Waals surface area contributed by atoms with E-state index in [9.17, 15) is 4.79 Å². The first-order valence-corrected chi connectivity index (χ1v) is 8.78. The molecule has 2 N–H and O–H groups in total. The van der Waals surface area contributed by atoms with Gasteiger partial charge in [0.25, 0.3) is 5.91 Å². The third-order valence-electron chi connectivity index (χ3n) is 4.09. The standard InChI is InChI=1S/C21H22N4O3/c1-27-19-7-6-15(11-20(19)28-2)13-24-16-8-10-23-18(12-16)21(26)25-14-17-5-3-4-9-22-17/h3-12H,13-14H2,1-2H3,(H,23,24)(H,25,26). The molecule has 0 aliphatic heterocycles. The molecule has 2 heterocycles. The van der Waals surface area contributed by atoms with Gasteiger partial charge in [-0.25, -0.2) is 0 Å². The van der Waals surface area contributed by atoms with Crippen LogP contribution in [0.4, 0.5) is 5.69 Å². The number of methoxy groups -OCH3 is 2. The largest absolute Gasteiger partial charge is 0.493 e. The Kier molecular flexibility index (Phi) is 6.41. The van der Waals surface area contributed by atoms with Crippen molar-refractivity contribution in [3.8, 4) is 11.5 Å². The maximum absolute atomic E-state index is 12.3. The van der Waals surface area contributed by atoms with E-state index in [-0.39, 0.29) is 5.91 Å². The average molecular weight is 378 g/mol. The highest BCUT2D eigenvalue weighted by Gasteiger charge is 2.09. The van der Waals surface area contributed by atoms with Gasteiger partial charge in [0.2, 0.25) is 0 Å². The maximum Gasteiger partial charge on any atom is 0.270 e. The number of nitrogens with zero attached hydrogens (tertiary/aromatic N) is 2. The number of nitrogens with one attached hydrogen (secondary N) is 2. The van der Waals surface area contributed by atoms with Crippen LogP contribution < -0.4 is 20.1 Å². The summed E-state index contributed by atoms with van der Waals surface area (Å²) in [5.74, 6) is 1.11. The summed E-state index contributed by atoms with van der Waals surface area (Å²) in [4.78, 5) is 20.7. The van der Waals surface area contributed by atoms with Crippen molar-refractivity contribution < 1.29 is 14.3 Å². The Morgan fingerprint density at radius 1 is 0.929 bits per heavy atom. The monoisotopic (exact) mass is 378 g/mol. The van der Waals surface area contributed by atoms with Gasteiger partial charge in [-0.05, 0) is 42.0 Å². The summed E-state index contributed by atoms with van der Waals surface area (Å²) < 4.78 is 10.6. The van der Waals surface area contributed by atoms with Gasteiger partial charge >= 0.3 is 0 Å². The molecule has 0 saturated heterocycles. The Morgan fingerprint density at radius 3 is 2.54 bits per heavy atom. The fourth-order valence-corrected chi connectivity index (χ4v) is 2.62. The first-order valence-electron chi connectivity index (χ1n) is 8.78. The molecule has 2 aromatic heterocycles. The molecule has 7 nitrogen and oxygen atoms in total. The lowest BCUT2D eigenvalue weighted by atomic mass is 10.2. The molecule has 28 heavy (non-hydrogen) atoms. The number of ether oxygens (including phenoxy) is 2. The first kappa shape index (κ1) is 19.2. The maximum atomic E-state index is 12.3. The minimum absolute atomic E-state index is 0.250. The molecule has 0 spiro atoms. The minimum atomic E-state index is -0.250. The van der Waals surface area contributed by atoms with Gasteiger partial charge in [0.05, 0.1) is 26.5 Å². The third kappa shape index (κ3) is 4.97. The van der Waals surface area contributed by atoms with Gasteiger partial charge in [0, 0.05) is 24.6 Å². The molecule has 1 amide bonds. The van der Waals surface area contributed by atoms with E-state index in [4.69, 9.17) is 9.47 Å². The lowest BCUT2D eigenvalue weighted by Crippen LogP contribution is -2.24. The molecular formula is C21H22N4O3. The van der Waals surface area contributed by atoms with Crippen LogP contribution in [0.15, 0.2) is 60.9 Å². The molecule has 7 heteroatoms. The Labute approximate surface area is 163 Å². The van der Waals surface area contributed by atoms with Crippen molar-refractivity contribution in [1.29, 1.82) is 0 Å². The summed E-state index contributed by atoms with van der Waals surface area (Å²) in [5.41, 5.74) is 2.95. The van der Waals surface area contributed by atoms with Crippen LogP contribution >= 0.6 is 0 Å². The predicted molar refractivity (Wildman–Crippen MR) is 107 cm³/mol. The number of aromatic nitrogens is 2. The fraction of sp³-hybridized carbons (Fsp3) is 0.190. The molecule has 0 aliphatic rings. The van der Waals surface area contributed by atoms with Crippen molar-refractivity contribution in [3.63, 3.8) is 0 Å². The van der Waals surface area contributed by atoms with Crippen LogP contribution in [0.1, 0.15) is 21.7 Å². The van der Waals surface area contributed by atoms with Crippen LogP contribution in [0.5, 0.6) is 11.5 Å². The molecule has 0 saturated carbocycles. The third-order valence-corrected chi connectivity index (χ3v) is 4.09. The number of anilines is 1. The predicted octanol–water partition coefficient (Wildman–Crippen LogP) is 3.04. The van der Waals surface area contributed by atoms with Crippen LogP contribution in [0.2, 0.25) is 0 Å². The second-order valence-corrected chi connectivity index (χ2v) is 5.98.